The molecular weight excluding hydrogens is 403 g/mol. The number of benzene rings is 3. The van der Waals surface area contributed by atoms with E-state index in [9.17, 15) is 4.39 Å². The maximum Gasteiger partial charge on any atom is 0.134 e. The smallest absolute Gasteiger partial charge is 0.134 e. The molecule has 1 heteroatoms. The highest BCUT2D eigenvalue weighted by molar-refractivity contribution is 5.85. The average Bonchev–Trinajstić information content (AvgIpc) is 2.86. The van der Waals surface area contributed by atoms with E-state index in [1.165, 1.54) is 50.5 Å². The van der Waals surface area contributed by atoms with Crippen LogP contribution in [0.2, 0.25) is 0 Å². The standard InChI is InChI=1S/C32H35F/c1-3-5-7-24-11-16-27(17-12-24)28-18-13-25(14-19-28)9-10-26-15-22-31-30(23-26)21-20-29(32(31)33)8-6-4-2/h4,13-15,18-24,27H,2-3,5-8,11-12,16-17H2,1H3. The van der Waals surface area contributed by atoms with Crippen molar-refractivity contribution in [1.82, 2.24) is 0 Å². The van der Waals surface area contributed by atoms with E-state index in [1.54, 1.807) is 0 Å². The van der Waals surface area contributed by atoms with Crippen LogP contribution in [0, 0.1) is 23.6 Å². The summed E-state index contributed by atoms with van der Waals surface area (Å²) >= 11 is 0. The number of unbranched alkanes of at least 4 members (excludes halogenated alkanes) is 1. The molecule has 0 spiro atoms. The average molecular weight is 439 g/mol. The lowest BCUT2D eigenvalue weighted by Gasteiger charge is -2.28. The second-order valence-corrected chi connectivity index (χ2v) is 9.53. The molecule has 0 unspecified atom stereocenters. The minimum Gasteiger partial charge on any atom is -0.206 e. The number of hydrogen-bond donors (Lipinski definition) is 0. The number of hydrogen-bond acceptors (Lipinski definition) is 0. The SMILES string of the molecule is C=CCCc1ccc2cc(C#Cc3ccc(C4CCC(CCCC)CC4)cc3)ccc2c1F. The van der Waals surface area contributed by atoms with Gasteiger partial charge in [0.1, 0.15) is 5.82 Å². The lowest BCUT2D eigenvalue weighted by molar-refractivity contribution is 0.304. The van der Waals surface area contributed by atoms with Crippen molar-refractivity contribution in [1.29, 1.82) is 0 Å². The van der Waals surface area contributed by atoms with E-state index >= 15 is 0 Å². The topological polar surface area (TPSA) is 0 Å². The molecule has 0 radical (unpaired) electrons. The van der Waals surface area contributed by atoms with Gasteiger partial charge in [-0.2, -0.15) is 0 Å². The van der Waals surface area contributed by atoms with Gasteiger partial charge in [-0.3, -0.25) is 0 Å². The molecule has 0 atom stereocenters. The molecular formula is C32H35F. The highest BCUT2D eigenvalue weighted by Gasteiger charge is 2.21. The van der Waals surface area contributed by atoms with Crippen molar-refractivity contribution in [3.63, 3.8) is 0 Å². The summed E-state index contributed by atoms with van der Waals surface area (Å²) in [4.78, 5) is 0. The summed E-state index contributed by atoms with van der Waals surface area (Å²) in [5, 5.41) is 1.56. The summed E-state index contributed by atoms with van der Waals surface area (Å²) in [5.41, 5.74) is 4.15. The monoisotopic (exact) mass is 438 g/mol. The Morgan fingerprint density at radius 3 is 2.39 bits per heavy atom. The maximum atomic E-state index is 14.8. The Morgan fingerprint density at radius 1 is 0.939 bits per heavy atom. The van der Waals surface area contributed by atoms with Crippen molar-refractivity contribution in [3.05, 3.63) is 95.3 Å². The van der Waals surface area contributed by atoms with E-state index in [-0.39, 0.29) is 5.82 Å². The van der Waals surface area contributed by atoms with Gasteiger partial charge in [-0.05, 0) is 91.1 Å². The number of rotatable bonds is 7. The van der Waals surface area contributed by atoms with Gasteiger partial charge in [0.2, 0.25) is 0 Å². The van der Waals surface area contributed by atoms with Crippen LogP contribution < -0.4 is 0 Å². The van der Waals surface area contributed by atoms with E-state index in [2.05, 4.69) is 49.6 Å². The molecule has 0 aromatic heterocycles. The fourth-order valence-electron chi connectivity index (χ4n) is 5.13. The van der Waals surface area contributed by atoms with Crippen molar-refractivity contribution in [2.45, 2.75) is 70.6 Å². The highest BCUT2D eigenvalue weighted by Crippen LogP contribution is 2.37. The fraction of sp³-hybridized carbons (Fsp3) is 0.375. The van der Waals surface area contributed by atoms with E-state index in [0.29, 0.717) is 17.7 Å². The van der Waals surface area contributed by atoms with Gasteiger partial charge in [0, 0.05) is 16.5 Å². The molecule has 3 aromatic carbocycles. The van der Waals surface area contributed by atoms with Gasteiger partial charge < -0.3 is 0 Å². The first-order valence-electron chi connectivity index (χ1n) is 12.6. The van der Waals surface area contributed by atoms with Crippen LogP contribution in [0.15, 0.2) is 67.3 Å². The minimum absolute atomic E-state index is 0.121. The molecule has 0 aliphatic heterocycles. The van der Waals surface area contributed by atoms with Gasteiger partial charge in [-0.25, -0.2) is 4.39 Å². The highest BCUT2D eigenvalue weighted by atomic mass is 19.1. The van der Waals surface area contributed by atoms with Crippen LogP contribution in [0.1, 0.15) is 86.5 Å². The van der Waals surface area contributed by atoms with Gasteiger partial charge in [-0.15, -0.1) is 6.58 Å². The lowest BCUT2D eigenvalue weighted by Crippen LogP contribution is -2.13. The zero-order chi connectivity index (χ0) is 23.0. The van der Waals surface area contributed by atoms with Gasteiger partial charge in [0.15, 0.2) is 0 Å². The third kappa shape index (κ3) is 5.94. The van der Waals surface area contributed by atoms with Crippen LogP contribution in [0.4, 0.5) is 4.39 Å². The first-order valence-corrected chi connectivity index (χ1v) is 12.6. The molecule has 33 heavy (non-hydrogen) atoms. The molecule has 0 amide bonds. The zero-order valence-electron chi connectivity index (χ0n) is 19.9. The third-order valence-corrected chi connectivity index (χ3v) is 7.20. The molecule has 1 fully saturated rings. The summed E-state index contributed by atoms with van der Waals surface area (Å²) in [6.07, 6.45) is 12.8. The molecule has 0 saturated heterocycles. The molecule has 0 N–H and O–H groups in total. The van der Waals surface area contributed by atoms with E-state index in [4.69, 9.17) is 0 Å². The van der Waals surface area contributed by atoms with Crippen LogP contribution in [-0.4, -0.2) is 0 Å². The second-order valence-electron chi connectivity index (χ2n) is 9.53. The minimum atomic E-state index is -0.121. The van der Waals surface area contributed by atoms with Crippen LogP contribution in [0.3, 0.4) is 0 Å². The normalized spacial score (nSPS) is 18.0. The van der Waals surface area contributed by atoms with Crippen molar-refractivity contribution in [2.75, 3.05) is 0 Å². The first-order chi connectivity index (χ1) is 16.2. The van der Waals surface area contributed by atoms with Gasteiger partial charge in [-0.1, -0.05) is 74.4 Å². The van der Waals surface area contributed by atoms with Gasteiger partial charge in [0.25, 0.3) is 0 Å². The summed E-state index contributed by atoms with van der Waals surface area (Å²) in [6, 6.07) is 18.5. The third-order valence-electron chi connectivity index (χ3n) is 7.20. The second kappa shape index (κ2) is 11.3. The molecule has 0 heterocycles. The van der Waals surface area contributed by atoms with Crippen molar-refractivity contribution in [2.24, 2.45) is 5.92 Å². The molecule has 0 bridgehead atoms. The van der Waals surface area contributed by atoms with Crippen molar-refractivity contribution >= 4 is 10.8 Å². The molecule has 0 nitrogen and oxygen atoms in total. The van der Waals surface area contributed by atoms with E-state index in [0.717, 1.165) is 34.4 Å². The predicted molar refractivity (Wildman–Crippen MR) is 139 cm³/mol. The largest absolute Gasteiger partial charge is 0.206 e. The summed E-state index contributed by atoms with van der Waals surface area (Å²) in [6.45, 7) is 6.02. The van der Waals surface area contributed by atoms with Gasteiger partial charge in [0.05, 0.1) is 0 Å². The van der Waals surface area contributed by atoms with Crippen LogP contribution in [0.5, 0.6) is 0 Å². The number of aryl methyl sites for hydroxylation is 1. The Labute approximate surface area is 198 Å². The zero-order valence-corrected chi connectivity index (χ0v) is 19.9. The number of allylic oxidation sites excluding steroid dienone is 1. The Bertz CT molecular complexity index is 1130. The van der Waals surface area contributed by atoms with E-state index < -0.39 is 0 Å². The van der Waals surface area contributed by atoms with Crippen LogP contribution >= 0.6 is 0 Å². The molecule has 170 valence electrons. The van der Waals surface area contributed by atoms with Crippen LogP contribution in [0.25, 0.3) is 10.8 Å². The first kappa shape index (κ1) is 23.3. The van der Waals surface area contributed by atoms with Crippen molar-refractivity contribution < 1.29 is 4.39 Å². The maximum absolute atomic E-state index is 14.8. The summed E-state index contributed by atoms with van der Waals surface area (Å²) in [5.74, 6) is 8.07. The number of halogens is 1. The van der Waals surface area contributed by atoms with Crippen molar-refractivity contribution in [3.8, 4) is 11.8 Å². The fourth-order valence-corrected chi connectivity index (χ4v) is 5.13. The van der Waals surface area contributed by atoms with Crippen LogP contribution in [-0.2, 0) is 6.42 Å². The molecule has 4 rings (SSSR count). The Balaban J connectivity index is 1.41. The summed E-state index contributed by atoms with van der Waals surface area (Å²) in [7, 11) is 0. The Hall–Kier alpha value is -2.85. The lowest BCUT2D eigenvalue weighted by atomic mass is 9.77. The molecule has 3 aromatic rings. The Morgan fingerprint density at radius 2 is 1.67 bits per heavy atom. The summed E-state index contributed by atoms with van der Waals surface area (Å²) < 4.78 is 14.8. The predicted octanol–water partition coefficient (Wildman–Crippen LogP) is 8.96. The molecule has 1 aliphatic carbocycles. The quantitative estimate of drug-likeness (QED) is 0.255. The molecule has 1 saturated carbocycles. The van der Waals surface area contributed by atoms with E-state index in [1.807, 2.05) is 36.4 Å². The number of fused-ring (bicyclic) bond motifs is 1. The Kier molecular flexibility index (Phi) is 8.01. The molecule has 1 aliphatic rings. The van der Waals surface area contributed by atoms with Gasteiger partial charge >= 0.3 is 0 Å².